The standard InChI is InChI=1S/C17H26ClN5/c1-21(15-5-6-15)17(19)20-7-8-22-9-11-23(12-10-22)16-4-2-3-14(18)13-16/h2-4,13,15H,5-12H2,1H3,(H2,19,20). The number of benzene rings is 1. The number of halogens is 1. The molecule has 0 amide bonds. The highest BCUT2D eigenvalue weighted by Crippen LogP contribution is 2.24. The Hall–Kier alpha value is -1.46. The van der Waals surface area contributed by atoms with Crippen molar-refractivity contribution in [1.82, 2.24) is 9.80 Å². The Morgan fingerprint density at radius 2 is 2.04 bits per heavy atom. The van der Waals surface area contributed by atoms with E-state index in [1.54, 1.807) is 0 Å². The maximum atomic E-state index is 6.08. The summed E-state index contributed by atoms with van der Waals surface area (Å²) >= 11 is 6.08. The first-order chi connectivity index (χ1) is 11.1. The summed E-state index contributed by atoms with van der Waals surface area (Å²) < 4.78 is 0. The van der Waals surface area contributed by atoms with Gasteiger partial charge in [0.15, 0.2) is 5.96 Å². The number of nitrogens with two attached hydrogens (primary N) is 1. The van der Waals surface area contributed by atoms with Crippen LogP contribution < -0.4 is 10.6 Å². The van der Waals surface area contributed by atoms with Crippen LogP contribution in [0.25, 0.3) is 0 Å². The third-order valence-corrected chi connectivity index (χ3v) is 4.93. The summed E-state index contributed by atoms with van der Waals surface area (Å²) in [5.41, 5.74) is 7.24. The van der Waals surface area contributed by atoms with Gasteiger partial charge in [0.2, 0.25) is 0 Å². The molecule has 2 N–H and O–H groups in total. The van der Waals surface area contributed by atoms with Crippen molar-refractivity contribution in [3.8, 4) is 0 Å². The summed E-state index contributed by atoms with van der Waals surface area (Å²) in [6.45, 7) is 5.92. The zero-order chi connectivity index (χ0) is 16.2. The molecule has 1 aromatic rings. The molecule has 2 aliphatic rings. The van der Waals surface area contributed by atoms with Crippen LogP contribution in [0.2, 0.25) is 5.02 Å². The summed E-state index contributed by atoms with van der Waals surface area (Å²) in [6.07, 6.45) is 2.50. The van der Waals surface area contributed by atoms with Gasteiger partial charge in [-0.05, 0) is 31.0 Å². The third kappa shape index (κ3) is 4.52. The molecule has 1 saturated heterocycles. The Morgan fingerprint density at radius 1 is 1.30 bits per heavy atom. The van der Waals surface area contributed by atoms with Gasteiger partial charge in [0, 0.05) is 56.5 Å². The van der Waals surface area contributed by atoms with Gasteiger partial charge in [-0.1, -0.05) is 17.7 Å². The van der Waals surface area contributed by atoms with E-state index in [9.17, 15) is 0 Å². The van der Waals surface area contributed by atoms with Crippen molar-refractivity contribution in [2.75, 3.05) is 51.2 Å². The Bertz CT molecular complexity index is 550. The Labute approximate surface area is 143 Å². The highest BCUT2D eigenvalue weighted by atomic mass is 35.5. The van der Waals surface area contributed by atoms with Gasteiger partial charge in [-0.15, -0.1) is 0 Å². The Morgan fingerprint density at radius 3 is 2.70 bits per heavy atom. The average Bonchev–Trinajstić information content (AvgIpc) is 3.39. The molecule has 1 aromatic carbocycles. The van der Waals surface area contributed by atoms with Crippen LogP contribution in [0.5, 0.6) is 0 Å². The minimum absolute atomic E-state index is 0.625. The first kappa shape index (κ1) is 16.4. The first-order valence-electron chi connectivity index (χ1n) is 8.39. The van der Waals surface area contributed by atoms with Crippen LogP contribution in [0.1, 0.15) is 12.8 Å². The normalized spacial score (nSPS) is 19.9. The smallest absolute Gasteiger partial charge is 0.191 e. The van der Waals surface area contributed by atoms with E-state index in [0.717, 1.165) is 44.3 Å². The highest BCUT2D eigenvalue weighted by Gasteiger charge is 2.27. The average molecular weight is 336 g/mol. The van der Waals surface area contributed by atoms with Gasteiger partial charge in [0.25, 0.3) is 0 Å². The second-order valence-corrected chi connectivity index (χ2v) is 6.83. The molecule has 0 bridgehead atoms. The number of guanidine groups is 1. The number of hydrogen-bond acceptors (Lipinski definition) is 3. The van der Waals surface area contributed by atoms with Gasteiger partial charge in [-0.3, -0.25) is 9.89 Å². The molecular formula is C17H26ClN5. The van der Waals surface area contributed by atoms with E-state index >= 15 is 0 Å². The minimum Gasteiger partial charge on any atom is -0.370 e. The SMILES string of the molecule is CN(C(N)=NCCN1CCN(c2cccc(Cl)c2)CC1)C1CC1. The van der Waals surface area contributed by atoms with Crippen molar-refractivity contribution in [3.05, 3.63) is 29.3 Å². The van der Waals surface area contributed by atoms with Crippen molar-refractivity contribution >= 4 is 23.2 Å². The molecule has 3 rings (SSSR count). The first-order valence-corrected chi connectivity index (χ1v) is 8.77. The largest absolute Gasteiger partial charge is 0.370 e. The number of piperazine rings is 1. The lowest BCUT2D eigenvalue weighted by Gasteiger charge is -2.36. The number of hydrogen-bond donors (Lipinski definition) is 1. The second-order valence-electron chi connectivity index (χ2n) is 6.39. The van der Waals surface area contributed by atoms with Crippen molar-refractivity contribution in [3.63, 3.8) is 0 Å². The predicted octanol–water partition coefficient (Wildman–Crippen LogP) is 1.87. The number of aliphatic imine (C=N–C) groups is 1. The maximum Gasteiger partial charge on any atom is 0.191 e. The molecule has 0 radical (unpaired) electrons. The van der Waals surface area contributed by atoms with Crippen LogP contribution in [0.4, 0.5) is 5.69 Å². The predicted molar refractivity (Wildman–Crippen MR) is 97.4 cm³/mol. The zero-order valence-corrected chi connectivity index (χ0v) is 14.5. The van der Waals surface area contributed by atoms with E-state index in [-0.39, 0.29) is 0 Å². The number of rotatable bonds is 5. The fraction of sp³-hybridized carbons (Fsp3) is 0.588. The monoisotopic (exact) mass is 335 g/mol. The molecular weight excluding hydrogens is 310 g/mol. The molecule has 126 valence electrons. The fourth-order valence-electron chi connectivity index (χ4n) is 2.97. The lowest BCUT2D eigenvalue weighted by Crippen LogP contribution is -2.47. The van der Waals surface area contributed by atoms with E-state index in [1.807, 2.05) is 25.2 Å². The quantitative estimate of drug-likeness (QED) is 0.659. The fourth-order valence-corrected chi connectivity index (χ4v) is 3.15. The minimum atomic E-state index is 0.625. The van der Waals surface area contributed by atoms with Crippen LogP contribution >= 0.6 is 11.6 Å². The van der Waals surface area contributed by atoms with Crippen molar-refractivity contribution in [2.45, 2.75) is 18.9 Å². The third-order valence-electron chi connectivity index (χ3n) is 4.69. The van der Waals surface area contributed by atoms with E-state index in [1.165, 1.54) is 18.5 Å². The van der Waals surface area contributed by atoms with Crippen LogP contribution in [-0.2, 0) is 0 Å². The molecule has 0 atom stereocenters. The zero-order valence-electron chi connectivity index (χ0n) is 13.8. The van der Waals surface area contributed by atoms with Crippen LogP contribution in [0.15, 0.2) is 29.3 Å². The van der Waals surface area contributed by atoms with Gasteiger partial charge in [0.1, 0.15) is 0 Å². The molecule has 0 aromatic heterocycles. The molecule has 23 heavy (non-hydrogen) atoms. The number of anilines is 1. The highest BCUT2D eigenvalue weighted by molar-refractivity contribution is 6.30. The topological polar surface area (TPSA) is 48.1 Å². The second kappa shape index (κ2) is 7.41. The molecule has 1 aliphatic heterocycles. The maximum absolute atomic E-state index is 6.08. The van der Waals surface area contributed by atoms with Crippen LogP contribution in [0.3, 0.4) is 0 Å². The summed E-state index contributed by atoms with van der Waals surface area (Å²) in [5.74, 6) is 0.685. The van der Waals surface area contributed by atoms with Crippen molar-refractivity contribution in [1.29, 1.82) is 0 Å². The molecule has 5 nitrogen and oxygen atoms in total. The van der Waals surface area contributed by atoms with E-state index < -0.39 is 0 Å². The van der Waals surface area contributed by atoms with Crippen LogP contribution in [0, 0.1) is 0 Å². The van der Waals surface area contributed by atoms with E-state index in [4.69, 9.17) is 17.3 Å². The van der Waals surface area contributed by atoms with E-state index in [2.05, 4.69) is 25.8 Å². The van der Waals surface area contributed by atoms with Gasteiger partial charge in [0.05, 0.1) is 6.54 Å². The molecule has 1 heterocycles. The summed E-state index contributed by atoms with van der Waals surface area (Å²) in [4.78, 5) is 11.5. The van der Waals surface area contributed by atoms with Gasteiger partial charge >= 0.3 is 0 Å². The molecule has 1 saturated carbocycles. The summed E-state index contributed by atoms with van der Waals surface area (Å²) in [6, 6.07) is 8.72. The van der Waals surface area contributed by atoms with Crippen molar-refractivity contribution in [2.24, 2.45) is 10.7 Å². The Kier molecular flexibility index (Phi) is 5.28. The number of nitrogens with zero attached hydrogens (tertiary/aromatic N) is 4. The Balaban J connectivity index is 1.41. The molecule has 0 spiro atoms. The molecule has 1 aliphatic carbocycles. The summed E-state index contributed by atoms with van der Waals surface area (Å²) in [7, 11) is 2.04. The lowest BCUT2D eigenvalue weighted by atomic mass is 10.2. The molecule has 0 unspecified atom stereocenters. The van der Waals surface area contributed by atoms with Gasteiger partial charge in [-0.25, -0.2) is 0 Å². The molecule has 6 heteroatoms. The lowest BCUT2D eigenvalue weighted by molar-refractivity contribution is 0.264. The van der Waals surface area contributed by atoms with Gasteiger partial charge < -0.3 is 15.5 Å². The molecule has 2 fully saturated rings. The van der Waals surface area contributed by atoms with Gasteiger partial charge in [-0.2, -0.15) is 0 Å². The van der Waals surface area contributed by atoms with E-state index in [0.29, 0.717) is 12.0 Å². The summed E-state index contributed by atoms with van der Waals surface area (Å²) in [5, 5.41) is 0.800. The van der Waals surface area contributed by atoms with Crippen LogP contribution in [-0.4, -0.2) is 68.1 Å². The van der Waals surface area contributed by atoms with Crippen molar-refractivity contribution < 1.29 is 0 Å².